The normalized spacial score (nSPS) is 10.8. The number of nitrogens with zero attached hydrogens (tertiary/aromatic N) is 3. The predicted octanol–water partition coefficient (Wildman–Crippen LogP) is 5.26. The van der Waals surface area contributed by atoms with Crippen molar-refractivity contribution in [3.63, 3.8) is 0 Å². The second-order valence-corrected chi connectivity index (χ2v) is 11.2. The first kappa shape index (κ1) is 32.7. The van der Waals surface area contributed by atoms with E-state index in [0.29, 0.717) is 28.7 Å². The van der Waals surface area contributed by atoms with E-state index in [-0.39, 0.29) is 35.7 Å². The van der Waals surface area contributed by atoms with Gasteiger partial charge in [-0.2, -0.15) is 11.8 Å². The van der Waals surface area contributed by atoms with Gasteiger partial charge in [-0.05, 0) is 48.4 Å². The summed E-state index contributed by atoms with van der Waals surface area (Å²) in [5, 5.41) is 23.6. The summed E-state index contributed by atoms with van der Waals surface area (Å²) in [5.41, 5.74) is 1.09. The summed E-state index contributed by atoms with van der Waals surface area (Å²) in [5.74, 6) is 0.533. The van der Waals surface area contributed by atoms with Gasteiger partial charge in [0.05, 0.1) is 18.5 Å². The van der Waals surface area contributed by atoms with Crippen molar-refractivity contribution in [2.45, 2.75) is 25.7 Å². The number of rotatable bonds is 14. The third-order valence-corrected chi connectivity index (χ3v) is 7.69. The summed E-state index contributed by atoms with van der Waals surface area (Å²) in [6.45, 7) is 1.59. The molecule has 0 bridgehead atoms. The number of benzene rings is 3. The fourth-order valence-electron chi connectivity index (χ4n) is 4.34. The number of para-hydroxylation sites is 1. The molecule has 1 amide bonds. The highest BCUT2D eigenvalue weighted by Crippen LogP contribution is 2.32. The molecule has 0 saturated carbocycles. The van der Waals surface area contributed by atoms with Crippen molar-refractivity contribution >= 4 is 40.9 Å². The molecule has 1 heterocycles. The van der Waals surface area contributed by atoms with Crippen molar-refractivity contribution in [3.8, 4) is 17.2 Å². The van der Waals surface area contributed by atoms with Crippen molar-refractivity contribution in [2.75, 3.05) is 37.2 Å². The monoisotopic (exact) mass is 636 g/mol. The van der Waals surface area contributed by atoms with Crippen LogP contribution in [0.2, 0.25) is 0 Å². The second-order valence-electron chi connectivity index (χ2n) is 10.1. The van der Waals surface area contributed by atoms with E-state index in [0.717, 1.165) is 21.9 Å². The van der Waals surface area contributed by atoms with E-state index in [9.17, 15) is 24.5 Å². The number of carboxylic acid groups (broad SMARTS) is 1. The van der Waals surface area contributed by atoms with Crippen LogP contribution in [0.4, 0.5) is 17.3 Å². The Labute approximate surface area is 262 Å². The van der Waals surface area contributed by atoms with Crippen molar-refractivity contribution in [3.05, 3.63) is 103 Å². The SMILES string of the molecule is COc1cc(CSCCC(=O)O)ccc1OCc1c(N(C)C)on(-c2ccc(C(=O)Nc3ccccc3C)cc2[N+](=O)[O-])c1=O. The van der Waals surface area contributed by atoms with Crippen LogP contribution in [0.15, 0.2) is 70.0 Å². The summed E-state index contributed by atoms with van der Waals surface area (Å²) in [7, 11) is 4.78. The molecule has 0 aliphatic heterocycles. The van der Waals surface area contributed by atoms with Gasteiger partial charge in [0.2, 0.25) is 5.88 Å². The molecule has 2 N–H and O–H groups in total. The number of thioether (sulfide) groups is 1. The molecule has 0 saturated heterocycles. The fraction of sp³-hybridized carbons (Fsp3) is 0.258. The van der Waals surface area contributed by atoms with E-state index in [1.807, 2.05) is 25.1 Å². The standard InChI is InChI=1S/C31H32N4O9S/c1-19-7-5-6-8-23(19)32-29(38)21-10-11-24(25(16-21)35(40)41)34-30(39)22(31(44-34)33(2)3)17-43-26-12-9-20(15-27(26)42-4)18-45-14-13-28(36)37/h5-12,15-16H,13-14,17-18H2,1-4H3,(H,32,38)(H,36,37). The topological polar surface area (TPSA) is 166 Å². The van der Waals surface area contributed by atoms with E-state index >= 15 is 0 Å². The van der Waals surface area contributed by atoms with Gasteiger partial charge in [0.25, 0.3) is 17.2 Å². The average molecular weight is 637 g/mol. The Kier molecular flexibility index (Phi) is 10.5. The van der Waals surface area contributed by atoms with Gasteiger partial charge in [-0.3, -0.25) is 24.5 Å². The first-order valence-corrected chi connectivity index (χ1v) is 14.8. The van der Waals surface area contributed by atoms with Gasteiger partial charge >= 0.3 is 5.97 Å². The maximum atomic E-state index is 13.6. The predicted molar refractivity (Wildman–Crippen MR) is 170 cm³/mol. The maximum Gasteiger partial charge on any atom is 0.304 e. The number of amides is 1. The minimum absolute atomic E-state index is 0.0283. The van der Waals surface area contributed by atoms with Crippen LogP contribution in [-0.2, 0) is 17.2 Å². The van der Waals surface area contributed by atoms with E-state index in [1.165, 1.54) is 31.0 Å². The lowest BCUT2D eigenvalue weighted by Gasteiger charge is -2.13. The van der Waals surface area contributed by atoms with Crippen LogP contribution in [0.1, 0.15) is 33.5 Å². The van der Waals surface area contributed by atoms with Gasteiger partial charge in [0, 0.05) is 42.9 Å². The molecular formula is C31H32N4O9S. The number of aryl methyl sites for hydroxylation is 1. The molecule has 0 aliphatic carbocycles. The van der Waals surface area contributed by atoms with E-state index in [1.54, 1.807) is 43.3 Å². The quantitative estimate of drug-likeness (QED) is 0.105. The largest absolute Gasteiger partial charge is 0.493 e. The molecule has 236 valence electrons. The number of methoxy groups -OCH3 is 1. The van der Waals surface area contributed by atoms with Gasteiger partial charge in [-0.25, -0.2) is 0 Å². The lowest BCUT2D eigenvalue weighted by atomic mass is 10.1. The third kappa shape index (κ3) is 7.84. The number of nitrogens with one attached hydrogen (secondary N) is 1. The molecule has 4 aromatic rings. The third-order valence-electron chi connectivity index (χ3n) is 6.66. The highest BCUT2D eigenvalue weighted by Gasteiger charge is 2.27. The van der Waals surface area contributed by atoms with Crippen molar-refractivity contribution in [2.24, 2.45) is 0 Å². The average Bonchev–Trinajstić information content (AvgIpc) is 3.34. The highest BCUT2D eigenvalue weighted by molar-refractivity contribution is 7.98. The van der Waals surface area contributed by atoms with Gasteiger partial charge in [0.1, 0.15) is 12.2 Å². The maximum absolute atomic E-state index is 13.6. The van der Waals surface area contributed by atoms with Crippen LogP contribution in [0.5, 0.6) is 11.5 Å². The van der Waals surface area contributed by atoms with Crippen molar-refractivity contribution in [1.29, 1.82) is 0 Å². The van der Waals surface area contributed by atoms with Gasteiger partial charge in [-0.1, -0.05) is 24.3 Å². The summed E-state index contributed by atoms with van der Waals surface area (Å²) < 4.78 is 18.0. The Bertz CT molecular complexity index is 1780. The van der Waals surface area contributed by atoms with E-state index < -0.39 is 28.0 Å². The molecule has 0 radical (unpaired) electrons. The van der Waals surface area contributed by atoms with Crippen LogP contribution >= 0.6 is 11.8 Å². The number of aromatic nitrogens is 1. The number of ether oxygens (including phenoxy) is 2. The first-order valence-electron chi connectivity index (χ1n) is 13.7. The Balaban J connectivity index is 1.59. The summed E-state index contributed by atoms with van der Waals surface area (Å²) in [4.78, 5) is 50.2. The minimum atomic E-state index is -0.854. The second kappa shape index (κ2) is 14.5. The molecular weight excluding hydrogens is 604 g/mol. The lowest BCUT2D eigenvalue weighted by molar-refractivity contribution is -0.384. The van der Waals surface area contributed by atoms with Crippen molar-refractivity contribution < 1.29 is 33.6 Å². The number of hydrogen-bond acceptors (Lipinski definition) is 10. The lowest BCUT2D eigenvalue weighted by Crippen LogP contribution is -2.20. The van der Waals surface area contributed by atoms with Crippen LogP contribution < -0.4 is 25.2 Å². The van der Waals surface area contributed by atoms with Crippen LogP contribution in [0.3, 0.4) is 0 Å². The molecule has 45 heavy (non-hydrogen) atoms. The molecule has 0 unspecified atom stereocenters. The minimum Gasteiger partial charge on any atom is -0.493 e. The zero-order valence-electron chi connectivity index (χ0n) is 25.1. The van der Waals surface area contributed by atoms with Crippen molar-refractivity contribution in [1.82, 2.24) is 4.74 Å². The molecule has 0 spiro atoms. The van der Waals surface area contributed by atoms with Crippen LogP contribution in [-0.4, -0.2) is 53.6 Å². The number of carbonyl (C=O) groups excluding carboxylic acids is 1. The van der Waals surface area contributed by atoms with Gasteiger partial charge in [-0.15, -0.1) is 4.74 Å². The molecule has 13 nitrogen and oxygen atoms in total. The Morgan fingerprint density at radius 1 is 1.11 bits per heavy atom. The Morgan fingerprint density at radius 3 is 2.53 bits per heavy atom. The number of anilines is 2. The molecule has 1 aromatic heterocycles. The number of nitro groups is 1. The fourth-order valence-corrected chi connectivity index (χ4v) is 5.22. The highest BCUT2D eigenvalue weighted by atomic mass is 32.2. The van der Waals surface area contributed by atoms with Crippen LogP contribution in [0.25, 0.3) is 5.69 Å². The zero-order valence-corrected chi connectivity index (χ0v) is 25.9. The number of carbonyl (C=O) groups is 2. The number of aliphatic carboxylic acids is 1. The summed E-state index contributed by atoms with van der Waals surface area (Å²) in [6.07, 6.45) is 0.0655. The Morgan fingerprint density at radius 2 is 1.87 bits per heavy atom. The van der Waals surface area contributed by atoms with E-state index in [2.05, 4.69) is 5.32 Å². The molecule has 0 aliphatic rings. The molecule has 0 fully saturated rings. The smallest absolute Gasteiger partial charge is 0.304 e. The Hall–Kier alpha value is -5.24. The summed E-state index contributed by atoms with van der Waals surface area (Å²) in [6, 6.07) is 16.2. The first-order chi connectivity index (χ1) is 21.5. The van der Waals surface area contributed by atoms with Gasteiger partial charge in [0.15, 0.2) is 17.2 Å². The van der Waals surface area contributed by atoms with E-state index in [4.69, 9.17) is 19.1 Å². The molecule has 4 rings (SSSR count). The van der Waals surface area contributed by atoms with Gasteiger partial charge < -0.3 is 29.3 Å². The number of nitro benzene ring substituents is 1. The zero-order chi connectivity index (χ0) is 32.7. The van der Waals surface area contributed by atoms with Crippen LogP contribution in [0, 0.1) is 17.0 Å². The molecule has 0 atom stereocenters. The summed E-state index contributed by atoms with van der Waals surface area (Å²) >= 11 is 1.47. The number of carboxylic acids is 1. The molecule has 14 heteroatoms. The molecule has 3 aromatic carbocycles. The number of hydrogen-bond donors (Lipinski definition) is 2.